The lowest BCUT2D eigenvalue weighted by molar-refractivity contribution is 0.0992. The molecule has 0 amide bonds. The number of hydrogen-bond acceptors (Lipinski definition) is 3. The molecule has 4 nitrogen and oxygen atoms in total. The molecular formula is C24H18FN3O. The van der Waals surface area contributed by atoms with E-state index in [9.17, 15) is 14.4 Å². The van der Waals surface area contributed by atoms with E-state index >= 15 is 0 Å². The van der Waals surface area contributed by atoms with Crippen LogP contribution in [-0.4, -0.2) is 15.6 Å². The van der Waals surface area contributed by atoms with Crippen molar-refractivity contribution in [3.8, 4) is 6.07 Å². The van der Waals surface area contributed by atoms with Crippen LogP contribution in [0.1, 0.15) is 32.7 Å². The topological polar surface area (TPSA) is 58.7 Å². The number of alkyl halides is 1. The number of rotatable bonds is 6. The van der Waals surface area contributed by atoms with Crippen molar-refractivity contribution in [1.29, 1.82) is 5.26 Å². The zero-order valence-electron chi connectivity index (χ0n) is 15.7. The fourth-order valence-corrected chi connectivity index (χ4v) is 3.43. The van der Waals surface area contributed by atoms with E-state index in [-0.39, 0.29) is 12.2 Å². The first-order valence-electron chi connectivity index (χ1n) is 9.30. The number of ketones is 1. The van der Waals surface area contributed by atoms with Gasteiger partial charge in [0.15, 0.2) is 5.78 Å². The predicted molar refractivity (Wildman–Crippen MR) is 109 cm³/mol. The minimum Gasteiger partial charge on any atom is -0.294 e. The van der Waals surface area contributed by atoms with Gasteiger partial charge in [-0.2, -0.15) is 10.4 Å². The zero-order valence-corrected chi connectivity index (χ0v) is 15.7. The van der Waals surface area contributed by atoms with Crippen molar-refractivity contribution in [1.82, 2.24) is 9.78 Å². The van der Waals surface area contributed by atoms with E-state index < -0.39 is 6.67 Å². The standard InChI is InChI=1S/C24H18FN3O/c25-14-17-9-11-18(12-10-17)16-28-23-8-4-3-7-21(23)22(27-28)13-24(29)20-6-2-1-5-19(20)15-26/h1-12H,13-14,16H2. The summed E-state index contributed by atoms with van der Waals surface area (Å²) in [5.41, 5.74) is 4.03. The lowest BCUT2D eigenvalue weighted by Gasteiger charge is -2.05. The molecule has 29 heavy (non-hydrogen) atoms. The van der Waals surface area contributed by atoms with Crippen LogP contribution in [0.5, 0.6) is 0 Å². The molecule has 0 bridgehead atoms. The van der Waals surface area contributed by atoms with Gasteiger partial charge < -0.3 is 0 Å². The first kappa shape index (κ1) is 18.6. The SMILES string of the molecule is N#Cc1ccccc1C(=O)Cc1nn(Cc2ccc(CF)cc2)c2ccccc12. The quantitative estimate of drug-likeness (QED) is 0.447. The smallest absolute Gasteiger partial charge is 0.170 e. The molecular weight excluding hydrogens is 365 g/mol. The summed E-state index contributed by atoms with van der Waals surface area (Å²) in [5.74, 6) is -0.134. The summed E-state index contributed by atoms with van der Waals surface area (Å²) in [5, 5.41) is 14.9. The van der Waals surface area contributed by atoms with E-state index in [1.165, 1.54) is 0 Å². The van der Waals surface area contributed by atoms with Crippen molar-refractivity contribution in [3.05, 3.63) is 101 Å². The number of halogens is 1. The van der Waals surface area contributed by atoms with E-state index in [1.807, 2.05) is 41.1 Å². The molecule has 0 saturated carbocycles. The van der Waals surface area contributed by atoms with Gasteiger partial charge in [-0.05, 0) is 23.3 Å². The zero-order chi connectivity index (χ0) is 20.2. The van der Waals surface area contributed by atoms with Crippen LogP contribution in [0.4, 0.5) is 4.39 Å². The van der Waals surface area contributed by atoms with E-state index in [0.717, 1.165) is 16.5 Å². The number of nitrogens with zero attached hydrogens (tertiary/aromatic N) is 3. The molecule has 1 aromatic heterocycles. The van der Waals surface area contributed by atoms with Crippen LogP contribution in [0.3, 0.4) is 0 Å². The number of benzene rings is 3. The molecule has 1 heterocycles. The summed E-state index contributed by atoms with van der Waals surface area (Å²) >= 11 is 0. The van der Waals surface area contributed by atoms with Gasteiger partial charge in [0.2, 0.25) is 0 Å². The van der Waals surface area contributed by atoms with Crippen LogP contribution in [0.25, 0.3) is 10.9 Å². The van der Waals surface area contributed by atoms with Crippen LogP contribution in [-0.2, 0) is 19.6 Å². The molecule has 3 aromatic carbocycles. The number of Topliss-reactive ketones (excluding diaryl/α,β-unsaturated/α-hetero) is 1. The Morgan fingerprint density at radius 1 is 0.966 bits per heavy atom. The minimum atomic E-state index is -0.485. The number of aromatic nitrogens is 2. The molecule has 0 fully saturated rings. The van der Waals surface area contributed by atoms with E-state index in [1.54, 1.807) is 36.4 Å². The molecule has 4 aromatic rings. The molecule has 0 spiro atoms. The van der Waals surface area contributed by atoms with Crippen molar-refractivity contribution in [2.45, 2.75) is 19.6 Å². The van der Waals surface area contributed by atoms with Crippen molar-refractivity contribution < 1.29 is 9.18 Å². The summed E-state index contributed by atoms with van der Waals surface area (Å²) in [4.78, 5) is 12.8. The summed E-state index contributed by atoms with van der Waals surface area (Å²) in [6, 6.07) is 24.0. The van der Waals surface area contributed by atoms with Gasteiger partial charge in [-0.3, -0.25) is 9.48 Å². The fourth-order valence-electron chi connectivity index (χ4n) is 3.43. The van der Waals surface area contributed by atoms with Crippen LogP contribution in [0.15, 0.2) is 72.8 Å². The second-order valence-corrected chi connectivity index (χ2v) is 6.83. The number of fused-ring (bicyclic) bond motifs is 1. The highest BCUT2D eigenvalue weighted by atomic mass is 19.1. The van der Waals surface area contributed by atoms with Crippen LogP contribution in [0, 0.1) is 11.3 Å². The second-order valence-electron chi connectivity index (χ2n) is 6.83. The largest absolute Gasteiger partial charge is 0.294 e. The average Bonchev–Trinajstić information content (AvgIpc) is 3.11. The second kappa shape index (κ2) is 8.07. The summed E-state index contributed by atoms with van der Waals surface area (Å²) in [7, 11) is 0. The lowest BCUT2D eigenvalue weighted by atomic mass is 10.0. The minimum absolute atomic E-state index is 0.118. The van der Waals surface area contributed by atoms with Gasteiger partial charge in [-0.15, -0.1) is 0 Å². The Bertz CT molecular complexity index is 1220. The molecule has 0 unspecified atom stereocenters. The fraction of sp³-hybridized carbons (Fsp3) is 0.125. The highest BCUT2D eigenvalue weighted by Crippen LogP contribution is 2.22. The molecule has 0 aliphatic heterocycles. The molecule has 142 valence electrons. The third-order valence-electron chi connectivity index (χ3n) is 4.92. The van der Waals surface area contributed by atoms with Gasteiger partial charge in [0.25, 0.3) is 0 Å². The number of para-hydroxylation sites is 1. The molecule has 5 heteroatoms. The molecule has 0 radical (unpaired) electrons. The van der Waals surface area contributed by atoms with E-state index in [0.29, 0.717) is 28.9 Å². The van der Waals surface area contributed by atoms with Crippen molar-refractivity contribution >= 4 is 16.7 Å². The van der Waals surface area contributed by atoms with E-state index in [4.69, 9.17) is 0 Å². The average molecular weight is 383 g/mol. The van der Waals surface area contributed by atoms with Crippen LogP contribution in [0.2, 0.25) is 0 Å². The highest BCUT2D eigenvalue weighted by molar-refractivity contribution is 6.01. The van der Waals surface area contributed by atoms with Gasteiger partial charge in [-0.1, -0.05) is 60.7 Å². The number of nitriles is 1. The lowest BCUT2D eigenvalue weighted by Crippen LogP contribution is -2.08. The Morgan fingerprint density at radius 2 is 1.66 bits per heavy atom. The monoisotopic (exact) mass is 383 g/mol. The van der Waals surface area contributed by atoms with Crippen LogP contribution >= 0.6 is 0 Å². The molecule has 0 aliphatic carbocycles. The Hall–Kier alpha value is -3.78. The van der Waals surface area contributed by atoms with Gasteiger partial charge in [-0.25, -0.2) is 4.39 Å². The van der Waals surface area contributed by atoms with Gasteiger partial charge in [0.05, 0.1) is 35.8 Å². The maximum absolute atomic E-state index is 12.8. The Labute approximate surface area is 167 Å². The number of carbonyl (C=O) groups excluding carboxylic acids is 1. The third kappa shape index (κ3) is 3.78. The first-order chi connectivity index (χ1) is 14.2. The Kier molecular flexibility index (Phi) is 5.17. The normalized spacial score (nSPS) is 10.8. The molecule has 0 atom stereocenters. The molecule has 4 rings (SSSR count). The van der Waals surface area contributed by atoms with Crippen LogP contribution < -0.4 is 0 Å². The van der Waals surface area contributed by atoms with Gasteiger partial charge >= 0.3 is 0 Å². The van der Waals surface area contributed by atoms with Gasteiger partial charge in [0.1, 0.15) is 6.67 Å². The molecule has 0 saturated heterocycles. The Morgan fingerprint density at radius 3 is 2.41 bits per heavy atom. The van der Waals surface area contributed by atoms with Crippen molar-refractivity contribution in [2.75, 3.05) is 0 Å². The predicted octanol–water partition coefficient (Wildman–Crippen LogP) is 4.85. The summed E-state index contributed by atoms with van der Waals surface area (Å²) in [6.45, 7) is 0.0392. The number of hydrogen-bond donors (Lipinski definition) is 0. The third-order valence-corrected chi connectivity index (χ3v) is 4.92. The Balaban J connectivity index is 1.67. The van der Waals surface area contributed by atoms with Crippen molar-refractivity contribution in [3.63, 3.8) is 0 Å². The number of carbonyl (C=O) groups is 1. The van der Waals surface area contributed by atoms with Gasteiger partial charge in [0, 0.05) is 10.9 Å². The maximum Gasteiger partial charge on any atom is 0.170 e. The van der Waals surface area contributed by atoms with E-state index in [2.05, 4.69) is 11.2 Å². The highest BCUT2D eigenvalue weighted by Gasteiger charge is 2.17. The molecule has 0 aliphatic rings. The summed E-state index contributed by atoms with van der Waals surface area (Å²) in [6.07, 6.45) is 0.118. The maximum atomic E-state index is 12.8. The van der Waals surface area contributed by atoms with Crippen molar-refractivity contribution in [2.24, 2.45) is 0 Å². The first-order valence-corrected chi connectivity index (χ1v) is 9.30. The summed E-state index contributed by atoms with van der Waals surface area (Å²) < 4.78 is 14.6. The molecule has 0 N–H and O–H groups in total.